The Morgan fingerprint density at radius 2 is 1.96 bits per heavy atom. The Kier molecular flexibility index (Phi) is 7.45. The first kappa shape index (κ1) is 20.7. The second-order valence-corrected chi connectivity index (χ2v) is 7.62. The Bertz CT molecular complexity index is 664. The molecular formula is C17H24BrClN4O. The summed E-state index contributed by atoms with van der Waals surface area (Å²) < 4.78 is 2.87. The molecule has 5 nitrogen and oxygen atoms in total. The first-order valence-electron chi connectivity index (χ1n) is 7.59. The summed E-state index contributed by atoms with van der Waals surface area (Å²) in [7, 11) is 0. The van der Waals surface area contributed by atoms with E-state index >= 15 is 0 Å². The van der Waals surface area contributed by atoms with Crippen molar-refractivity contribution in [1.82, 2.24) is 9.78 Å². The summed E-state index contributed by atoms with van der Waals surface area (Å²) >= 11 is 3.38. The Labute approximate surface area is 157 Å². The largest absolute Gasteiger partial charge is 0.325 e. The molecule has 0 unspecified atom stereocenters. The number of hydrogen-bond acceptors (Lipinski definition) is 3. The molecule has 132 valence electrons. The lowest BCUT2D eigenvalue weighted by Crippen LogP contribution is -2.45. The van der Waals surface area contributed by atoms with E-state index < -0.39 is 6.04 Å². The third-order valence-electron chi connectivity index (χ3n) is 3.67. The van der Waals surface area contributed by atoms with Gasteiger partial charge < -0.3 is 11.1 Å². The Hall–Kier alpha value is -1.37. The van der Waals surface area contributed by atoms with Crippen molar-refractivity contribution in [2.24, 2.45) is 11.1 Å². The van der Waals surface area contributed by atoms with Crippen LogP contribution in [0.1, 0.15) is 26.3 Å². The van der Waals surface area contributed by atoms with E-state index in [0.29, 0.717) is 0 Å². The number of amides is 1. The molecule has 7 heteroatoms. The third-order valence-corrected chi connectivity index (χ3v) is 4.08. The zero-order valence-electron chi connectivity index (χ0n) is 14.1. The number of aryl methyl sites for hydroxylation is 2. The van der Waals surface area contributed by atoms with Gasteiger partial charge in [0.2, 0.25) is 5.91 Å². The van der Waals surface area contributed by atoms with Gasteiger partial charge in [0.05, 0.1) is 16.7 Å². The van der Waals surface area contributed by atoms with Crippen molar-refractivity contribution in [3.05, 3.63) is 46.7 Å². The number of benzene rings is 1. The first-order valence-corrected chi connectivity index (χ1v) is 8.38. The molecule has 0 aliphatic rings. The van der Waals surface area contributed by atoms with Gasteiger partial charge in [-0.05, 0) is 45.5 Å². The highest BCUT2D eigenvalue weighted by atomic mass is 79.9. The summed E-state index contributed by atoms with van der Waals surface area (Å²) in [5, 5.41) is 7.09. The van der Waals surface area contributed by atoms with Crippen LogP contribution in [0.4, 0.5) is 5.69 Å². The Morgan fingerprint density at radius 3 is 2.46 bits per heavy atom. The fourth-order valence-electron chi connectivity index (χ4n) is 2.07. The van der Waals surface area contributed by atoms with E-state index in [2.05, 4.69) is 26.3 Å². The molecule has 2 aromatic rings. The molecule has 3 N–H and O–H groups in total. The number of anilines is 1. The van der Waals surface area contributed by atoms with E-state index in [1.807, 2.05) is 55.9 Å². The molecule has 1 heterocycles. The smallest absolute Gasteiger partial charge is 0.241 e. The van der Waals surface area contributed by atoms with Crippen LogP contribution in [-0.2, 0) is 17.8 Å². The molecule has 0 spiro atoms. The van der Waals surface area contributed by atoms with Crippen LogP contribution in [0.15, 0.2) is 41.1 Å². The number of nitrogens with two attached hydrogens (primary N) is 1. The fraction of sp³-hybridized carbons (Fsp3) is 0.412. The zero-order chi connectivity index (χ0) is 17.0. The Balaban J connectivity index is 0.00000288. The lowest BCUT2D eigenvalue weighted by Gasteiger charge is -2.25. The van der Waals surface area contributed by atoms with Gasteiger partial charge in [-0.3, -0.25) is 9.48 Å². The van der Waals surface area contributed by atoms with Gasteiger partial charge in [0.25, 0.3) is 0 Å². The van der Waals surface area contributed by atoms with Gasteiger partial charge in [-0.15, -0.1) is 12.4 Å². The molecule has 0 aliphatic heterocycles. The minimum atomic E-state index is -0.541. The van der Waals surface area contributed by atoms with Gasteiger partial charge in [-0.1, -0.05) is 32.9 Å². The van der Waals surface area contributed by atoms with E-state index in [1.54, 1.807) is 6.20 Å². The lowest BCUT2D eigenvalue weighted by atomic mass is 9.87. The number of halogens is 2. The average molecular weight is 416 g/mol. The fourth-order valence-corrected chi connectivity index (χ4v) is 2.40. The molecule has 0 radical (unpaired) electrons. The second-order valence-electron chi connectivity index (χ2n) is 6.70. The second kappa shape index (κ2) is 8.65. The topological polar surface area (TPSA) is 72.9 Å². The molecule has 2 rings (SSSR count). The maximum absolute atomic E-state index is 12.1. The van der Waals surface area contributed by atoms with Crippen LogP contribution >= 0.6 is 28.3 Å². The molecular weight excluding hydrogens is 392 g/mol. The number of hydrogen-bond donors (Lipinski definition) is 2. The summed E-state index contributed by atoms with van der Waals surface area (Å²) in [6.45, 7) is 6.67. The van der Waals surface area contributed by atoms with Crippen molar-refractivity contribution in [3.8, 4) is 0 Å². The molecule has 1 aromatic heterocycles. The molecule has 0 saturated heterocycles. The van der Waals surface area contributed by atoms with Crippen LogP contribution in [0, 0.1) is 5.41 Å². The standard InChI is InChI=1S/C17H23BrN4O.ClH/c1-17(2,3)15(19)16(23)21-14-6-4-12(5-7-14)8-9-22-11-13(18)10-20-22;/h4-7,10-11,15H,8-9,19H2,1-3H3,(H,21,23);1H/t15-;/m1./s1. The van der Waals surface area contributed by atoms with Crippen molar-refractivity contribution >= 4 is 39.9 Å². The van der Waals surface area contributed by atoms with Gasteiger partial charge in [0.1, 0.15) is 0 Å². The van der Waals surface area contributed by atoms with Gasteiger partial charge in [-0.25, -0.2) is 0 Å². The van der Waals surface area contributed by atoms with E-state index in [0.717, 1.165) is 23.1 Å². The predicted octanol–water partition coefficient (Wildman–Crippen LogP) is 3.62. The molecule has 1 aromatic carbocycles. The maximum atomic E-state index is 12.1. The molecule has 0 bridgehead atoms. The number of carbonyl (C=O) groups excluding carboxylic acids is 1. The number of nitrogens with one attached hydrogen (secondary N) is 1. The van der Waals surface area contributed by atoms with E-state index in [-0.39, 0.29) is 23.7 Å². The van der Waals surface area contributed by atoms with Gasteiger partial charge >= 0.3 is 0 Å². The minimum Gasteiger partial charge on any atom is -0.325 e. The predicted molar refractivity (Wildman–Crippen MR) is 103 cm³/mol. The van der Waals surface area contributed by atoms with Gasteiger partial charge in [0.15, 0.2) is 0 Å². The van der Waals surface area contributed by atoms with Gasteiger partial charge in [-0.2, -0.15) is 5.10 Å². The van der Waals surface area contributed by atoms with Gasteiger partial charge in [0, 0.05) is 18.4 Å². The molecule has 0 fully saturated rings. The van der Waals surface area contributed by atoms with Crippen molar-refractivity contribution in [2.75, 3.05) is 5.32 Å². The van der Waals surface area contributed by atoms with Crippen molar-refractivity contribution in [3.63, 3.8) is 0 Å². The molecule has 0 saturated carbocycles. The first-order chi connectivity index (χ1) is 10.8. The summed E-state index contributed by atoms with van der Waals surface area (Å²) in [5.74, 6) is -0.161. The monoisotopic (exact) mass is 414 g/mol. The highest BCUT2D eigenvalue weighted by Crippen LogP contribution is 2.19. The molecule has 1 atom stereocenters. The van der Waals surface area contributed by atoms with Crippen molar-refractivity contribution in [2.45, 2.75) is 39.8 Å². The molecule has 1 amide bonds. The van der Waals surface area contributed by atoms with Crippen LogP contribution in [0.5, 0.6) is 0 Å². The van der Waals surface area contributed by atoms with Crippen molar-refractivity contribution in [1.29, 1.82) is 0 Å². The Morgan fingerprint density at radius 1 is 1.33 bits per heavy atom. The van der Waals surface area contributed by atoms with E-state index in [4.69, 9.17) is 5.73 Å². The normalized spacial score (nSPS) is 12.4. The van der Waals surface area contributed by atoms with Crippen LogP contribution < -0.4 is 11.1 Å². The summed E-state index contributed by atoms with van der Waals surface area (Å²) in [6.07, 6.45) is 4.60. The SMILES string of the molecule is CC(C)(C)[C@H](N)C(=O)Nc1ccc(CCn2cc(Br)cn2)cc1.Cl. The van der Waals surface area contributed by atoms with Crippen LogP contribution in [0.25, 0.3) is 0 Å². The quantitative estimate of drug-likeness (QED) is 0.783. The van der Waals surface area contributed by atoms with E-state index in [9.17, 15) is 4.79 Å². The van der Waals surface area contributed by atoms with E-state index in [1.165, 1.54) is 5.56 Å². The summed E-state index contributed by atoms with van der Waals surface area (Å²) in [5.41, 5.74) is 7.65. The number of aromatic nitrogens is 2. The highest BCUT2D eigenvalue weighted by Gasteiger charge is 2.27. The molecule has 24 heavy (non-hydrogen) atoms. The molecule has 0 aliphatic carbocycles. The third kappa shape index (κ3) is 5.92. The van der Waals surface area contributed by atoms with Crippen LogP contribution in [0.2, 0.25) is 0 Å². The highest BCUT2D eigenvalue weighted by molar-refractivity contribution is 9.10. The zero-order valence-corrected chi connectivity index (χ0v) is 16.5. The number of carbonyl (C=O) groups is 1. The van der Waals surface area contributed by atoms with Crippen LogP contribution in [0.3, 0.4) is 0 Å². The van der Waals surface area contributed by atoms with Crippen LogP contribution in [-0.4, -0.2) is 21.7 Å². The summed E-state index contributed by atoms with van der Waals surface area (Å²) in [6, 6.07) is 7.29. The lowest BCUT2D eigenvalue weighted by molar-refractivity contribution is -0.119. The number of rotatable bonds is 5. The summed E-state index contributed by atoms with van der Waals surface area (Å²) in [4.78, 5) is 12.1. The number of nitrogens with zero attached hydrogens (tertiary/aromatic N) is 2. The maximum Gasteiger partial charge on any atom is 0.241 e. The average Bonchev–Trinajstić information content (AvgIpc) is 2.90. The van der Waals surface area contributed by atoms with Crippen molar-refractivity contribution < 1.29 is 4.79 Å². The minimum absolute atomic E-state index is 0.